The number of hydrogen-bond acceptors (Lipinski definition) is 2. The SMILES string of the molecule is CC(C)n1nc2c(c1CN)CCCC2. The van der Waals surface area contributed by atoms with Gasteiger partial charge in [0.15, 0.2) is 0 Å². The van der Waals surface area contributed by atoms with Gasteiger partial charge in [-0.3, -0.25) is 4.68 Å². The molecule has 2 N–H and O–H groups in total. The van der Waals surface area contributed by atoms with Crippen molar-refractivity contribution in [3.8, 4) is 0 Å². The van der Waals surface area contributed by atoms with E-state index >= 15 is 0 Å². The van der Waals surface area contributed by atoms with E-state index in [0.717, 1.165) is 6.42 Å². The fraction of sp³-hybridized carbons (Fsp3) is 0.727. The van der Waals surface area contributed by atoms with Crippen LogP contribution in [0.5, 0.6) is 0 Å². The maximum atomic E-state index is 5.80. The van der Waals surface area contributed by atoms with Gasteiger partial charge in [-0.05, 0) is 45.1 Å². The molecule has 78 valence electrons. The van der Waals surface area contributed by atoms with Gasteiger partial charge in [0, 0.05) is 12.6 Å². The average Bonchev–Trinajstić information content (AvgIpc) is 2.56. The number of hydrogen-bond donors (Lipinski definition) is 1. The third kappa shape index (κ3) is 1.46. The molecule has 0 radical (unpaired) electrons. The molecule has 0 saturated carbocycles. The van der Waals surface area contributed by atoms with Crippen LogP contribution in [0.3, 0.4) is 0 Å². The number of aryl methyl sites for hydroxylation is 1. The van der Waals surface area contributed by atoms with E-state index in [0.29, 0.717) is 12.6 Å². The molecule has 14 heavy (non-hydrogen) atoms. The van der Waals surface area contributed by atoms with E-state index in [1.54, 1.807) is 0 Å². The average molecular weight is 193 g/mol. The number of fused-ring (bicyclic) bond motifs is 1. The lowest BCUT2D eigenvalue weighted by molar-refractivity contribution is 0.505. The predicted octanol–water partition coefficient (Wildman–Crippen LogP) is 1.80. The maximum Gasteiger partial charge on any atom is 0.0660 e. The predicted molar refractivity (Wildman–Crippen MR) is 57.1 cm³/mol. The minimum absolute atomic E-state index is 0.430. The molecule has 1 aliphatic rings. The lowest BCUT2D eigenvalue weighted by Crippen LogP contribution is -2.12. The Morgan fingerprint density at radius 3 is 2.71 bits per heavy atom. The number of nitrogens with two attached hydrogens (primary N) is 1. The normalized spacial score (nSPS) is 16.0. The molecule has 0 unspecified atom stereocenters. The van der Waals surface area contributed by atoms with Gasteiger partial charge < -0.3 is 5.73 Å². The molecule has 0 amide bonds. The van der Waals surface area contributed by atoms with E-state index in [2.05, 4.69) is 23.6 Å². The topological polar surface area (TPSA) is 43.8 Å². The first-order chi connectivity index (χ1) is 6.74. The maximum absolute atomic E-state index is 5.80. The van der Waals surface area contributed by atoms with Crippen molar-refractivity contribution in [1.82, 2.24) is 9.78 Å². The standard InChI is InChI=1S/C11H19N3/c1-8(2)14-11(7-12)9-5-3-4-6-10(9)13-14/h8H,3-7,12H2,1-2H3. The summed E-state index contributed by atoms with van der Waals surface area (Å²) in [6.07, 6.45) is 4.90. The minimum atomic E-state index is 0.430. The van der Waals surface area contributed by atoms with E-state index in [-0.39, 0.29) is 0 Å². The molecule has 1 aromatic rings. The molecule has 0 spiro atoms. The van der Waals surface area contributed by atoms with Crippen molar-refractivity contribution in [2.24, 2.45) is 5.73 Å². The Balaban J connectivity index is 2.46. The molecular weight excluding hydrogens is 174 g/mol. The molecule has 0 atom stereocenters. The zero-order valence-corrected chi connectivity index (χ0v) is 9.08. The molecule has 1 heterocycles. The minimum Gasteiger partial charge on any atom is -0.325 e. The molecule has 0 saturated heterocycles. The summed E-state index contributed by atoms with van der Waals surface area (Å²) in [4.78, 5) is 0. The summed E-state index contributed by atoms with van der Waals surface area (Å²) in [6, 6.07) is 0.430. The Bertz CT molecular complexity index is 326. The Kier molecular flexibility index (Phi) is 2.59. The Morgan fingerprint density at radius 1 is 1.36 bits per heavy atom. The first-order valence-corrected chi connectivity index (χ1v) is 5.53. The van der Waals surface area contributed by atoms with Gasteiger partial charge in [0.25, 0.3) is 0 Å². The van der Waals surface area contributed by atoms with Crippen LogP contribution in [0, 0.1) is 0 Å². The molecule has 0 aromatic carbocycles. The third-order valence-corrected chi connectivity index (χ3v) is 2.97. The Hall–Kier alpha value is -0.830. The Labute approximate surface area is 85.3 Å². The number of rotatable bonds is 2. The highest BCUT2D eigenvalue weighted by molar-refractivity contribution is 5.29. The fourth-order valence-electron chi connectivity index (χ4n) is 2.28. The van der Waals surface area contributed by atoms with Crippen LogP contribution in [0.1, 0.15) is 49.7 Å². The van der Waals surface area contributed by atoms with Gasteiger partial charge in [0.2, 0.25) is 0 Å². The van der Waals surface area contributed by atoms with Gasteiger partial charge in [-0.2, -0.15) is 5.10 Å². The van der Waals surface area contributed by atoms with Crippen LogP contribution in [-0.2, 0) is 19.4 Å². The summed E-state index contributed by atoms with van der Waals surface area (Å²) in [7, 11) is 0. The first-order valence-electron chi connectivity index (χ1n) is 5.53. The smallest absolute Gasteiger partial charge is 0.0660 e. The van der Waals surface area contributed by atoms with Crippen LogP contribution in [0.15, 0.2) is 0 Å². The quantitative estimate of drug-likeness (QED) is 0.778. The molecule has 3 heteroatoms. The second kappa shape index (κ2) is 3.73. The Morgan fingerprint density at radius 2 is 2.07 bits per heavy atom. The second-order valence-corrected chi connectivity index (χ2v) is 4.32. The van der Waals surface area contributed by atoms with Gasteiger partial charge in [-0.25, -0.2) is 0 Å². The van der Waals surface area contributed by atoms with Crippen LogP contribution < -0.4 is 5.73 Å². The van der Waals surface area contributed by atoms with Crippen LogP contribution in [0.4, 0.5) is 0 Å². The summed E-state index contributed by atoms with van der Waals surface area (Å²) in [5.41, 5.74) is 9.79. The monoisotopic (exact) mass is 193 g/mol. The number of nitrogens with zero attached hydrogens (tertiary/aromatic N) is 2. The van der Waals surface area contributed by atoms with Crippen molar-refractivity contribution >= 4 is 0 Å². The fourth-order valence-corrected chi connectivity index (χ4v) is 2.28. The lowest BCUT2D eigenvalue weighted by atomic mass is 9.96. The highest BCUT2D eigenvalue weighted by Crippen LogP contribution is 2.25. The summed E-state index contributed by atoms with van der Waals surface area (Å²) >= 11 is 0. The van der Waals surface area contributed by atoms with Crippen LogP contribution in [0.25, 0.3) is 0 Å². The van der Waals surface area contributed by atoms with Gasteiger partial charge in [0.05, 0.1) is 11.4 Å². The molecule has 1 aliphatic carbocycles. The van der Waals surface area contributed by atoms with Crippen molar-refractivity contribution in [3.63, 3.8) is 0 Å². The van der Waals surface area contributed by atoms with Crippen molar-refractivity contribution in [3.05, 3.63) is 17.0 Å². The zero-order valence-electron chi connectivity index (χ0n) is 9.08. The van der Waals surface area contributed by atoms with E-state index in [4.69, 9.17) is 5.73 Å². The highest BCUT2D eigenvalue weighted by Gasteiger charge is 2.20. The molecule has 3 nitrogen and oxygen atoms in total. The van der Waals surface area contributed by atoms with Crippen molar-refractivity contribution in [2.75, 3.05) is 0 Å². The van der Waals surface area contributed by atoms with Crippen molar-refractivity contribution < 1.29 is 0 Å². The zero-order chi connectivity index (χ0) is 10.1. The lowest BCUT2D eigenvalue weighted by Gasteiger charge is -2.11. The molecule has 2 rings (SSSR count). The largest absolute Gasteiger partial charge is 0.325 e. The molecular formula is C11H19N3. The molecule has 0 bridgehead atoms. The van der Waals surface area contributed by atoms with Crippen LogP contribution >= 0.6 is 0 Å². The van der Waals surface area contributed by atoms with Gasteiger partial charge in [-0.15, -0.1) is 0 Å². The van der Waals surface area contributed by atoms with Gasteiger partial charge >= 0.3 is 0 Å². The molecule has 1 aromatic heterocycles. The van der Waals surface area contributed by atoms with Crippen molar-refractivity contribution in [1.29, 1.82) is 0 Å². The van der Waals surface area contributed by atoms with Gasteiger partial charge in [0.1, 0.15) is 0 Å². The van der Waals surface area contributed by atoms with Crippen molar-refractivity contribution in [2.45, 2.75) is 52.1 Å². The van der Waals surface area contributed by atoms with E-state index in [1.807, 2.05) is 0 Å². The van der Waals surface area contributed by atoms with Crippen LogP contribution in [0.2, 0.25) is 0 Å². The van der Waals surface area contributed by atoms with E-state index < -0.39 is 0 Å². The molecule has 0 aliphatic heterocycles. The summed E-state index contributed by atoms with van der Waals surface area (Å²) in [6.45, 7) is 4.95. The van der Waals surface area contributed by atoms with Crippen LogP contribution in [-0.4, -0.2) is 9.78 Å². The number of aromatic nitrogens is 2. The summed E-state index contributed by atoms with van der Waals surface area (Å²) in [5.74, 6) is 0. The van der Waals surface area contributed by atoms with E-state index in [9.17, 15) is 0 Å². The van der Waals surface area contributed by atoms with E-state index in [1.165, 1.54) is 36.2 Å². The highest BCUT2D eigenvalue weighted by atomic mass is 15.3. The summed E-state index contributed by atoms with van der Waals surface area (Å²) in [5, 5.41) is 4.66. The van der Waals surface area contributed by atoms with Gasteiger partial charge in [-0.1, -0.05) is 0 Å². The third-order valence-electron chi connectivity index (χ3n) is 2.97. The first kappa shape index (κ1) is 9.71. The summed E-state index contributed by atoms with van der Waals surface area (Å²) < 4.78 is 2.11. The second-order valence-electron chi connectivity index (χ2n) is 4.32. The molecule has 0 fully saturated rings.